The van der Waals surface area contributed by atoms with E-state index in [1.165, 1.54) is 12.1 Å². The number of nitro groups is 1. The number of aryl methyl sites for hydroxylation is 1. The minimum atomic E-state index is -0.515. The van der Waals surface area contributed by atoms with Crippen LogP contribution in [0.2, 0.25) is 0 Å². The first kappa shape index (κ1) is 13.6. The number of aromatic nitrogens is 1. The van der Waals surface area contributed by atoms with Crippen LogP contribution in [-0.2, 0) is 6.61 Å². The van der Waals surface area contributed by atoms with Crippen molar-refractivity contribution in [2.24, 2.45) is 0 Å². The average molecular weight is 290 g/mol. The van der Waals surface area contributed by atoms with Crippen molar-refractivity contribution in [3.63, 3.8) is 0 Å². The number of hydrogen-bond donors (Lipinski definition) is 2. The average Bonchev–Trinajstić information content (AvgIpc) is 3.18. The van der Waals surface area contributed by atoms with Crippen molar-refractivity contribution in [2.75, 3.05) is 0 Å². The van der Waals surface area contributed by atoms with Crippen molar-refractivity contribution in [3.05, 3.63) is 39.1 Å². The highest BCUT2D eigenvalue weighted by Gasteiger charge is 2.33. The summed E-state index contributed by atoms with van der Waals surface area (Å²) in [5.41, 5.74) is 1.21. The minimum Gasteiger partial charge on any atom is -0.507 e. The maximum atomic E-state index is 11.0. The first-order chi connectivity index (χ1) is 10.0. The zero-order valence-electron chi connectivity index (χ0n) is 11.4. The summed E-state index contributed by atoms with van der Waals surface area (Å²) < 4.78 is 5.26. The molecule has 2 N–H and O–H groups in total. The Hall–Kier alpha value is -2.41. The van der Waals surface area contributed by atoms with E-state index in [2.05, 4.69) is 5.16 Å². The van der Waals surface area contributed by atoms with Gasteiger partial charge in [0.15, 0.2) is 0 Å². The van der Waals surface area contributed by atoms with E-state index in [0.29, 0.717) is 16.9 Å². The molecule has 0 radical (unpaired) electrons. The van der Waals surface area contributed by atoms with Gasteiger partial charge in [0, 0.05) is 23.1 Å². The number of aliphatic hydroxyl groups is 1. The molecule has 7 nitrogen and oxygen atoms in total. The highest BCUT2D eigenvalue weighted by atomic mass is 16.6. The Kier molecular flexibility index (Phi) is 3.13. The molecule has 1 aromatic heterocycles. The number of phenolic OH excluding ortho intramolecular Hbond substituents is 1. The number of benzene rings is 1. The van der Waals surface area contributed by atoms with E-state index in [-0.39, 0.29) is 35.2 Å². The van der Waals surface area contributed by atoms with Gasteiger partial charge in [-0.25, -0.2) is 0 Å². The number of hydrogen-bond acceptors (Lipinski definition) is 6. The molecule has 0 bridgehead atoms. The summed E-state index contributed by atoms with van der Waals surface area (Å²) in [7, 11) is 0. The molecular weight excluding hydrogens is 276 g/mol. The van der Waals surface area contributed by atoms with E-state index in [9.17, 15) is 20.3 Å². The zero-order chi connectivity index (χ0) is 15.1. The molecule has 110 valence electrons. The van der Waals surface area contributed by atoms with Crippen LogP contribution in [-0.4, -0.2) is 20.3 Å². The fraction of sp³-hybridized carbons (Fsp3) is 0.357. The van der Waals surface area contributed by atoms with Crippen molar-refractivity contribution < 1.29 is 19.7 Å². The van der Waals surface area contributed by atoms with Crippen LogP contribution in [0, 0.1) is 17.0 Å². The van der Waals surface area contributed by atoms with Crippen LogP contribution in [0.3, 0.4) is 0 Å². The Balaban J connectivity index is 2.16. The summed E-state index contributed by atoms with van der Waals surface area (Å²) in [6, 6.07) is 2.58. The van der Waals surface area contributed by atoms with Gasteiger partial charge in [0.2, 0.25) is 0 Å². The van der Waals surface area contributed by atoms with Crippen molar-refractivity contribution in [2.45, 2.75) is 32.3 Å². The van der Waals surface area contributed by atoms with Gasteiger partial charge in [-0.2, -0.15) is 0 Å². The van der Waals surface area contributed by atoms with Crippen LogP contribution < -0.4 is 0 Å². The van der Waals surface area contributed by atoms with E-state index in [4.69, 9.17) is 4.52 Å². The van der Waals surface area contributed by atoms with E-state index >= 15 is 0 Å². The lowest BCUT2D eigenvalue weighted by molar-refractivity contribution is -0.385. The Morgan fingerprint density at radius 2 is 2.19 bits per heavy atom. The summed E-state index contributed by atoms with van der Waals surface area (Å²) in [6.45, 7) is 1.26. The van der Waals surface area contributed by atoms with Crippen LogP contribution in [0.4, 0.5) is 5.69 Å². The molecule has 0 saturated heterocycles. The second kappa shape index (κ2) is 4.85. The third-order valence-electron chi connectivity index (χ3n) is 3.69. The van der Waals surface area contributed by atoms with E-state index in [1.54, 1.807) is 6.92 Å². The normalized spacial score (nSPS) is 14.4. The van der Waals surface area contributed by atoms with Crippen LogP contribution in [0.25, 0.3) is 11.3 Å². The lowest BCUT2D eigenvalue weighted by Gasteiger charge is -2.05. The van der Waals surface area contributed by atoms with Gasteiger partial charge >= 0.3 is 0 Å². The van der Waals surface area contributed by atoms with Crippen LogP contribution in [0.5, 0.6) is 5.75 Å². The molecule has 1 aliphatic rings. The molecule has 1 heterocycles. The van der Waals surface area contributed by atoms with Crippen molar-refractivity contribution in [3.8, 4) is 17.0 Å². The van der Waals surface area contributed by atoms with E-state index < -0.39 is 4.92 Å². The quantitative estimate of drug-likeness (QED) is 0.661. The number of nitrogens with zero attached hydrogens (tertiary/aromatic N) is 2. The number of phenols is 1. The second-order valence-electron chi connectivity index (χ2n) is 5.22. The fourth-order valence-electron chi connectivity index (χ4n) is 2.42. The summed E-state index contributed by atoms with van der Waals surface area (Å²) in [5.74, 6) is 0.731. The molecule has 0 atom stereocenters. The molecule has 1 fully saturated rings. The third-order valence-corrected chi connectivity index (χ3v) is 3.69. The zero-order valence-corrected chi connectivity index (χ0v) is 11.4. The fourth-order valence-corrected chi connectivity index (χ4v) is 2.42. The molecule has 0 aliphatic heterocycles. The standard InChI is InChI=1S/C14H14N2O5/c1-7-4-12(18)9(5-11(7)16(19)20)13-10(6-17)14(21-15-13)8-2-3-8/h4-5,8,17-18H,2-3,6H2,1H3. The highest BCUT2D eigenvalue weighted by Crippen LogP contribution is 2.45. The Labute approximate surface area is 120 Å². The largest absolute Gasteiger partial charge is 0.507 e. The van der Waals surface area contributed by atoms with Crippen molar-refractivity contribution in [1.82, 2.24) is 5.16 Å². The monoisotopic (exact) mass is 290 g/mol. The van der Waals surface area contributed by atoms with Gasteiger partial charge in [-0.05, 0) is 25.8 Å². The topological polar surface area (TPSA) is 110 Å². The number of aromatic hydroxyl groups is 1. The lowest BCUT2D eigenvalue weighted by atomic mass is 10.0. The van der Waals surface area contributed by atoms with Gasteiger partial charge in [0.25, 0.3) is 5.69 Å². The van der Waals surface area contributed by atoms with Gasteiger partial charge in [-0.15, -0.1) is 0 Å². The van der Waals surface area contributed by atoms with Gasteiger partial charge in [-0.1, -0.05) is 5.16 Å². The Morgan fingerprint density at radius 1 is 1.48 bits per heavy atom. The predicted octanol–water partition coefficient (Wildman–Crippen LogP) is 2.63. The molecule has 1 saturated carbocycles. The summed E-state index contributed by atoms with van der Waals surface area (Å²) in [6.07, 6.45) is 1.95. The summed E-state index contributed by atoms with van der Waals surface area (Å²) in [4.78, 5) is 10.5. The second-order valence-corrected chi connectivity index (χ2v) is 5.22. The van der Waals surface area contributed by atoms with Crippen molar-refractivity contribution >= 4 is 5.69 Å². The molecule has 2 aromatic rings. The molecule has 7 heteroatoms. The molecule has 3 rings (SSSR count). The maximum Gasteiger partial charge on any atom is 0.273 e. The maximum absolute atomic E-state index is 11.0. The number of rotatable bonds is 4. The number of nitro benzene ring substituents is 1. The smallest absolute Gasteiger partial charge is 0.273 e. The van der Waals surface area contributed by atoms with Crippen LogP contribution >= 0.6 is 0 Å². The first-order valence-electron chi connectivity index (χ1n) is 6.60. The Morgan fingerprint density at radius 3 is 2.76 bits per heavy atom. The van der Waals surface area contributed by atoms with Gasteiger partial charge < -0.3 is 14.7 Å². The van der Waals surface area contributed by atoms with Crippen molar-refractivity contribution in [1.29, 1.82) is 0 Å². The third kappa shape index (κ3) is 2.25. The molecular formula is C14H14N2O5. The molecule has 0 amide bonds. The summed E-state index contributed by atoms with van der Waals surface area (Å²) in [5, 5.41) is 34.5. The molecule has 1 aliphatic carbocycles. The molecule has 0 spiro atoms. The van der Waals surface area contributed by atoms with Gasteiger partial charge in [0.1, 0.15) is 17.2 Å². The molecule has 1 aromatic carbocycles. The minimum absolute atomic E-state index is 0.109. The first-order valence-corrected chi connectivity index (χ1v) is 6.60. The lowest BCUT2D eigenvalue weighted by Crippen LogP contribution is -1.95. The SMILES string of the molecule is Cc1cc(O)c(-c2noc(C3CC3)c2CO)cc1[N+](=O)[O-]. The molecule has 0 unspecified atom stereocenters. The van der Waals surface area contributed by atoms with E-state index in [1.807, 2.05) is 0 Å². The van der Waals surface area contributed by atoms with Gasteiger partial charge in [-0.3, -0.25) is 10.1 Å². The molecule has 21 heavy (non-hydrogen) atoms. The highest BCUT2D eigenvalue weighted by molar-refractivity contribution is 5.73. The van der Waals surface area contributed by atoms with Crippen LogP contribution in [0.15, 0.2) is 16.7 Å². The number of aliphatic hydroxyl groups excluding tert-OH is 1. The van der Waals surface area contributed by atoms with E-state index in [0.717, 1.165) is 12.8 Å². The van der Waals surface area contributed by atoms with Crippen LogP contribution in [0.1, 0.15) is 35.6 Å². The summed E-state index contributed by atoms with van der Waals surface area (Å²) >= 11 is 0. The Bertz CT molecular complexity index is 718. The predicted molar refractivity (Wildman–Crippen MR) is 72.9 cm³/mol. The van der Waals surface area contributed by atoms with Gasteiger partial charge in [0.05, 0.1) is 17.1 Å².